The second-order valence-electron chi connectivity index (χ2n) is 7.76. The lowest BCUT2D eigenvalue weighted by molar-refractivity contribution is 1.07. The number of rotatable bonds is 6. The van der Waals surface area contributed by atoms with E-state index in [2.05, 4.69) is 85.8 Å². The third-order valence-electron chi connectivity index (χ3n) is 5.75. The highest BCUT2D eigenvalue weighted by molar-refractivity contribution is 6.02. The van der Waals surface area contributed by atoms with Gasteiger partial charge < -0.3 is 11.5 Å². The van der Waals surface area contributed by atoms with E-state index in [1.807, 2.05) is 0 Å². The van der Waals surface area contributed by atoms with E-state index >= 15 is 0 Å². The summed E-state index contributed by atoms with van der Waals surface area (Å²) in [6.07, 6.45) is 1.91. The van der Waals surface area contributed by atoms with Gasteiger partial charge in [-0.3, -0.25) is 0 Å². The molecule has 146 valence electrons. The smallest absolute Gasteiger partial charge is 0.0178 e. The molecule has 0 saturated carbocycles. The Labute approximate surface area is 173 Å². The second kappa shape index (κ2) is 8.60. The fraction of sp³-hybridized carbons (Fsp3) is 0.185. The van der Waals surface area contributed by atoms with Crippen LogP contribution in [0, 0.1) is 0 Å². The molecule has 4 rings (SSSR count). The Bertz CT molecular complexity index is 1070. The van der Waals surface area contributed by atoms with Gasteiger partial charge in [0.15, 0.2) is 0 Å². The van der Waals surface area contributed by atoms with Gasteiger partial charge >= 0.3 is 0 Å². The molecule has 0 saturated heterocycles. The van der Waals surface area contributed by atoms with Gasteiger partial charge in [-0.25, -0.2) is 0 Å². The first-order chi connectivity index (χ1) is 14.2. The third kappa shape index (κ3) is 4.09. The van der Waals surface area contributed by atoms with Crippen LogP contribution in [0.2, 0.25) is 0 Å². The van der Waals surface area contributed by atoms with Crippen LogP contribution in [-0.2, 0) is 19.5 Å². The Morgan fingerprint density at radius 1 is 0.690 bits per heavy atom. The zero-order valence-corrected chi connectivity index (χ0v) is 17.0. The standard InChI is InChI=1S/C27H28N2/c1-19-13-26(23-11-5-9-21(14-23)17-28)27(24-12-6-10-22(15-24)18-29)25(19)16-20-7-3-2-4-8-20/h2-12,14-15H,13,16-18,28-29H2,1H3. The van der Waals surface area contributed by atoms with Crippen molar-refractivity contribution in [3.05, 3.63) is 118 Å². The van der Waals surface area contributed by atoms with Crippen molar-refractivity contribution < 1.29 is 0 Å². The number of allylic oxidation sites excluding steroid dienone is 4. The number of hydrogen-bond donors (Lipinski definition) is 2. The van der Waals surface area contributed by atoms with E-state index < -0.39 is 0 Å². The summed E-state index contributed by atoms with van der Waals surface area (Å²) < 4.78 is 0. The van der Waals surface area contributed by atoms with Crippen LogP contribution in [-0.4, -0.2) is 0 Å². The number of nitrogens with two attached hydrogens (primary N) is 2. The Morgan fingerprint density at radius 3 is 1.93 bits per heavy atom. The lowest BCUT2D eigenvalue weighted by Crippen LogP contribution is -2.00. The van der Waals surface area contributed by atoms with Crippen LogP contribution in [0.15, 0.2) is 90.0 Å². The molecule has 2 heteroatoms. The maximum absolute atomic E-state index is 5.94. The molecule has 0 heterocycles. The summed E-state index contributed by atoms with van der Waals surface area (Å²) in [6, 6.07) is 28.0. The van der Waals surface area contributed by atoms with E-state index in [4.69, 9.17) is 11.5 Å². The largest absolute Gasteiger partial charge is 0.326 e. The molecule has 0 aliphatic heterocycles. The fourth-order valence-electron chi connectivity index (χ4n) is 4.23. The van der Waals surface area contributed by atoms with Crippen LogP contribution in [0.25, 0.3) is 11.1 Å². The summed E-state index contributed by atoms with van der Waals surface area (Å²) in [5, 5.41) is 0. The molecule has 0 unspecified atom stereocenters. The Balaban J connectivity index is 1.87. The highest BCUT2D eigenvalue weighted by atomic mass is 14.5. The summed E-state index contributed by atoms with van der Waals surface area (Å²) in [5.74, 6) is 0. The minimum Gasteiger partial charge on any atom is -0.326 e. The van der Waals surface area contributed by atoms with E-state index in [1.54, 1.807) is 0 Å². The van der Waals surface area contributed by atoms with Gasteiger partial charge in [0.2, 0.25) is 0 Å². The van der Waals surface area contributed by atoms with Gasteiger partial charge in [0, 0.05) is 13.1 Å². The van der Waals surface area contributed by atoms with Crippen molar-refractivity contribution in [1.82, 2.24) is 0 Å². The van der Waals surface area contributed by atoms with Crippen molar-refractivity contribution in [3.8, 4) is 0 Å². The molecule has 1 aliphatic rings. The van der Waals surface area contributed by atoms with Crippen LogP contribution < -0.4 is 11.5 Å². The van der Waals surface area contributed by atoms with Gasteiger partial charge in [0.25, 0.3) is 0 Å². The van der Waals surface area contributed by atoms with Crippen molar-refractivity contribution in [2.75, 3.05) is 0 Å². The summed E-state index contributed by atoms with van der Waals surface area (Å²) in [4.78, 5) is 0. The monoisotopic (exact) mass is 380 g/mol. The number of benzene rings is 3. The molecule has 0 fully saturated rings. The Kier molecular flexibility index (Phi) is 5.75. The third-order valence-corrected chi connectivity index (χ3v) is 5.75. The maximum Gasteiger partial charge on any atom is 0.0178 e. The quantitative estimate of drug-likeness (QED) is 0.595. The molecule has 0 amide bonds. The van der Waals surface area contributed by atoms with E-state index in [-0.39, 0.29) is 0 Å². The van der Waals surface area contributed by atoms with Crippen LogP contribution >= 0.6 is 0 Å². The summed E-state index contributed by atoms with van der Waals surface area (Å²) in [7, 11) is 0. The fourth-order valence-corrected chi connectivity index (χ4v) is 4.23. The average Bonchev–Trinajstić information content (AvgIpc) is 3.10. The van der Waals surface area contributed by atoms with Gasteiger partial charge in [-0.1, -0.05) is 78.4 Å². The molecular weight excluding hydrogens is 352 g/mol. The maximum atomic E-state index is 5.94. The molecule has 3 aromatic carbocycles. The molecule has 2 nitrogen and oxygen atoms in total. The van der Waals surface area contributed by atoms with Crippen molar-refractivity contribution in [1.29, 1.82) is 0 Å². The normalized spacial score (nSPS) is 14.0. The van der Waals surface area contributed by atoms with E-state index in [9.17, 15) is 0 Å². The lowest BCUT2D eigenvalue weighted by Gasteiger charge is -2.15. The molecule has 29 heavy (non-hydrogen) atoms. The highest BCUT2D eigenvalue weighted by Gasteiger charge is 2.24. The second-order valence-corrected chi connectivity index (χ2v) is 7.76. The van der Waals surface area contributed by atoms with Crippen LogP contribution in [0.3, 0.4) is 0 Å². The van der Waals surface area contributed by atoms with Crippen molar-refractivity contribution in [3.63, 3.8) is 0 Å². The zero-order chi connectivity index (χ0) is 20.2. The minimum atomic E-state index is 0.551. The van der Waals surface area contributed by atoms with Crippen molar-refractivity contribution >= 4 is 11.1 Å². The summed E-state index contributed by atoms with van der Waals surface area (Å²) in [6.45, 7) is 3.38. The first kappa shape index (κ1) is 19.4. The molecular formula is C27H28N2. The molecule has 0 aromatic heterocycles. The average molecular weight is 381 g/mol. The van der Waals surface area contributed by atoms with Crippen LogP contribution in [0.5, 0.6) is 0 Å². The highest BCUT2D eigenvalue weighted by Crippen LogP contribution is 2.45. The summed E-state index contributed by atoms with van der Waals surface area (Å²) >= 11 is 0. The van der Waals surface area contributed by atoms with Crippen LogP contribution in [0.1, 0.15) is 41.2 Å². The van der Waals surface area contributed by atoms with Crippen LogP contribution in [0.4, 0.5) is 0 Å². The van der Waals surface area contributed by atoms with Crippen molar-refractivity contribution in [2.45, 2.75) is 32.9 Å². The topological polar surface area (TPSA) is 52.0 Å². The van der Waals surface area contributed by atoms with Gasteiger partial charge in [-0.2, -0.15) is 0 Å². The SMILES string of the molecule is CC1=C(Cc2ccccc2)C(c2cccc(CN)c2)=C(c2cccc(CN)c2)C1. The van der Waals surface area contributed by atoms with Gasteiger partial charge in [-0.05, 0) is 70.4 Å². The van der Waals surface area contributed by atoms with E-state index in [0.29, 0.717) is 13.1 Å². The first-order valence-electron chi connectivity index (χ1n) is 10.2. The molecule has 4 N–H and O–H groups in total. The zero-order valence-electron chi connectivity index (χ0n) is 17.0. The predicted octanol–water partition coefficient (Wildman–Crippen LogP) is 5.48. The Hall–Kier alpha value is -2.94. The summed E-state index contributed by atoms with van der Waals surface area (Å²) in [5.41, 5.74) is 23.7. The minimum absolute atomic E-state index is 0.551. The molecule has 0 radical (unpaired) electrons. The molecule has 0 bridgehead atoms. The molecule has 0 spiro atoms. The lowest BCUT2D eigenvalue weighted by atomic mass is 9.89. The van der Waals surface area contributed by atoms with Gasteiger partial charge in [-0.15, -0.1) is 0 Å². The molecule has 1 aliphatic carbocycles. The Morgan fingerprint density at radius 2 is 1.28 bits per heavy atom. The van der Waals surface area contributed by atoms with E-state index in [0.717, 1.165) is 18.4 Å². The molecule has 0 atom stereocenters. The van der Waals surface area contributed by atoms with E-state index in [1.165, 1.54) is 44.5 Å². The van der Waals surface area contributed by atoms with Crippen molar-refractivity contribution in [2.24, 2.45) is 11.5 Å². The van der Waals surface area contributed by atoms with Gasteiger partial charge in [0.1, 0.15) is 0 Å². The van der Waals surface area contributed by atoms with Gasteiger partial charge in [0.05, 0.1) is 0 Å². The first-order valence-corrected chi connectivity index (χ1v) is 10.2. The predicted molar refractivity (Wildman–Crippen MR) is 123 cm³/mol. The molecule has 3 aromatic rings. The number of hydrogen-bond acceptors (Lipinski definition) is 2.